The number of para-hydroxylation sites is 1. The first kappa shape index (κ1) is 17.8. The molecule has 0 atom stereocenters. The molecule has 0 saturated carbocycles. The maximum atomic E-state index is 10.4. The highest BCUT2D eigenvalue weighted by Gasteiger charge is 2.22. The van der Waals surface area contributed by atoms with E-state index in [2.05, 4.69) is 21.9 Å². The lowest BCUT2D eigenvalue weighted by Crippen LogP contribution is -2.34. The van der Waals surface area contributed by atoms with Crippen LogP contribution in [0.4, 0.5) is 5.69 Å². The number of amidine groups is 1. The molecule has 0 spiro atoms. The molecule has 0 aliphatic heterocycles. The monoisotopic (exact) mass is 344 g/mol. The normalized spacial score (nSPS) is 11.2. The van der Waals surface area contributed by atoms with Crippen LogP contribution in [0.25, 0.3) is 0 Å². The molecule has 0 unspecified atom stereocenters. The molecule has 0 aliphatic rings. The van der Waals surface area contributed by atoms with Crippen molar-refractivity contribution >= 4 is 30.0 Å². The summed E-state index contributed by atoms with van der Waals surface area (Å²) in [6.45, 7) is 4.07. The summed E-state index contributed by atoms with van der Waals surface area (Å²) in [4.78, 5) is 6.01. The maximum absolute atomic E-state index is 10.4. The molecule has 24 heavy (non-hydrogen) atoms. The number of phenols is 1. The van der Waals surface area contributed by atoms with E-state index in [-0.39, 0.29) is 5.75 Å². The van der Waals surface area contributed by atoms with Crippen molar-refractivity contribution < 1.29 is 9.84 Å². The van der Waals surface area contributed by atoms with Crippen LogP contribution >= 0.6 is 11.8 Å². The van der Waals surface area contributed by atoms with E-state index >= 15 is 0 Å². The zero-order valence-corrected chi connectivity index (χ0v) is 14.5. The largest absolute Gasteiger partial charge is 0.506 e. The van der Waals surface area contributed by atoms with Crippen LogP contribution in [0.15, 0.2) is 52.9 Å². The number of rotatable bonds is 7. The fourth-order valence-corrected chi connectivity index (χ4v) is 2.65. The Morgan fingerprint density at radius 2 is 2.21 bits per heavy atom. The fourth-order valence-electron chi connectivity index (χ4n) is 2.28. The molecule has 1 aromatic heterocycles. The number of methoxy groups -OCH3 is 1. The summed E-state index contributed by atoms with van der Waals surface area (Å²) in [5, 5.41) is 18.3. The second-order valence-electron chi connectivity index (χ2n) is 4.78. The van der Waals surface area contributed by atoms with Gasteiger partial charge in [-0.05, 0) is 30.5 Å². The Morgan fingerprint density at radius 3 is 2.83 bits per heavy atom. The van der Waals surface area contributed by atoms with Gasteiger partial charge in [-0.1, -0.05) is 6.07 Å². The summed E-state index contributed by atoms with van der Waals surface area (Å²) in [5.74, 6) is 2.04. The van der Waals surface area contributed by atoms with Crippen molar-refractivity contribution in [3.05, 3.63) is 48.3 Å². The van der Waals surface area contributed by atoms with Crippen molar-refractivity contribution in [3.8, 4) is 11.5 Å². The van der Waals surface area contributed by atoms with Crippen molar-refractivity contribution in [3.63, 3.8) is 0 Å². The molecule has 0 aliphatic carbocycles. The molecule has 6 nitrogen and oxygen atoms in total. The molecule has 0 saturated heterocycles. The molecule has 1 aromatic carbocycles. The van der Waals surface area contributed by atoms with Crippen LogP contribution in [0.2, 0.25) is 0 Å². The number of benzene rings is 1. The fraction of sp³-hybridized carbons (Fsp3) is 0.235. The number of aromatic nitrogens is 1. The molecule has 1 heterocycles. The number of anilines is 1. The molecular weight excluding hydrogens is 324 g/mol. The number of phenolic OH excluding ortho intramolecular Hbond substituents is 1. The number of hydrogen-bond acceptors (Lipinski definition) is 6. The van der Waals surface area contributed by atoms with E-state index in [4.69, 9.17) is 4.74 Å². The number of thioether (sulfide) groups is 1. The van der Waals surface area contributed by atoms with Gasteiger partial charge in [-0.25, -0.2) is 0 Å². The van der Waals surface area contributed by atoms with Crippen LogP contribution in [-0.2, 0) is 0 Å². The summed E-state index contributed by atoms with van der Waals surface area (Å²) in [7, 11) is 1.57. The molecule has 7 heteroatoms. The van der Waals surface area contributed by atoms with Gasteiger partial charge in [-0.15, -0.1) is 5.10 Å². The zero-order valence-electron chi connectivity index (χ0n) is 13.7. The van der Waals surface area contributed by atoms with E-state index in [1.807, 2.05) is 23.3 Å². The minimum atomic E-state index is 0.108. The molecule has 0 radical (unpaired) electrons. The molecule has 2 aromatic rings. The van der Waals surface area contributed by atoms with Crippen LogP contribution in [0, 0.1) is 0 Å². The first-order chi connectivity index (χ1) is 11.7. The highest BCUT2D eigenvalue weighted by Crippen LogP contribution is 2.38. The minimum Gasteiger partial charge on any atom is -0.506 e. The number of ether oxygens (including phenoxy) is 1. The van der Waals surface area contributed by atoms with Crippen molar-refractivity contribution in [2.75, 3.05) is 30.6 Å². The van der Waals surface area contributed by atoms with Crippen LogP contribution in [-0.4, -0.2) is 48.3 Å². The van der Waals surface area contributed by atoms with Crippen LogP contribution < -0.4 is 9.64 Å². The van der Waals surface area contributed by atoms with Gasteiger partial charge in [0.2, 0.25) is 0 Å². The average molecular weight is 344 g/mol. The van der Waals surface area contributed by atoms with Gasteiger partial charge in [0.15, 0.2) is 5.84 Å². The molecule has 0 bridgehead atoms. The van der Waals surface area contributed by atoms with Gasteiger partial charge >= 0.3 is 0 Å². The van der Waals surface area contributed by atoms with E-state index in [9.17, 15) is 5.11 Å². The van der Waals surface area contributed by atoms with Gasteiger partial charge in [0.05, 0.1) is 7.11 Å². The van der Waals surface area contributed by atoms with Crippen molar-refractivity contribution in [2.45, 2.75) is 0 Å². The van der Waals surface area contributed by atoms with Crippen LogP contribution in [0.3, 0.4) is 0 Å². The first-order valence-corrected chi connectivity index (χ1v) is 8.68. The predicted molar refractivity (Wildman–Crippen MR) is 101 cm³/mol. The Bertz CT molecular complexity index is 707. The van der Waals surface area contributed by atoms with Crippen molar-refractivity contribution in [1.82, 2.24) is 4.98 Å². The van der Waals surface area contributed by atoms with E-state index in [1.165, 1.54) is 0 Å². The zero-order chi connectivity index (χ0) is 17.4. The van der Waals surface area contributed by atoms with Gasteiger partial charge in [0.25, 0.3) is 0 Å². The molecule has 0 fully saturated rings. The summed E-state index contributed by atoms with van der Waals surface area (Å²) >= 11 is 1.69. The second kappa shape index (κ2) is 8.93. The summed E-state index contributed by atoms with van der Waals surface area (Å²) in [6.07, 6.45) is 5.41. The average Bonchev–Trinajstić information content (AvgIpc) is 2.62. The first-order valence-electron chi connectivity index (χ1n) is 7.29. The molecule has 0 amide bonds. The molecule has 1 N–H and O–H groups in total. The third-order valence-corrected chi connectivity index (χ3v) is 3.92. The molecule has 126 valence electrons. The van der Waals surface area contributed by atoms with E-state index in [0.717, 1.165) is 11.3 Å². The molecule has 2 rings (SSSR count). The quantitative estimate of drug-likeness (QED) is 0.475. The standard InChI is InChI=1S/C17H20N4O2S/c1-18-20-17(13-6-5-9-19-12-13)21(10-11-24-3)16-14(22)7-4-8-15(16)23-2/h4-9,12,22H,1,10-11H2,2-3H3/b20-17-. The summed E-state index contributed by atoms with van der Waals surface area (Å²) < 4.78 is 5.43. The second-order valence-corrected chi connectivity index (χ2v) is 5.76. The van der Waals surface area contributed by atoms with E-state index in [0.29, 0.717) is 23.8 Å². The highest BCUT2D eigenvalue weighted by atomic mass is 32.2. The number of nitrogens with zero attached hydrogens (tertiary/aromatic N) is 4. The summed E-state index contributed by atoms with van der Waals surface area (Å²) in [5.41, 5.74) is 1.32. The Kier molecular flexibility index (Phi) is 6.62. The van der Waals surface area contributed by atoms with Gasteiger partial charge < -0.3 is 14.7 Å². The third kappa shape index (κ3) is 4.05. The van der Waals surface area contributed by atoms with Crippen LogP contribution in [0.1, 0.15) is 5.56 Å². The number of pyridine rings is 1. The van der Waals surface area contributed by atoms with Gasteiger partial charge in [-0.3, -0.25) is 4.98 Å². The van der Waals surface area contributed by atoms with Crippen molar-refractivity contribution in [1.29, 1.82) is 0 Å². The highest BCUT2D eigenvalue weighted by molar-refractivity contribution is 7.98. The Balaban J connectivity index is 2.59. The van der Waals surface area contributed by atoms with Gasteiger partial charge in [0, 0.05) is 37.0 Å². The number of hydrogen-bond donors (Lipinski definition) is 1. The smallest absolute Gasteiger partial charge is 0.164 e. The van der Waals surface area contributed by atoms with E-state index < -0.39 is 0 Å². The molecular formula is C17H20N4O2S. The lowest BCUT2D eigenvalue weighted by molar-refractivity contribution is 0.409. The Labute approximate surface area is 145 Å². The minimum absolute atomic E-state index is 0.108. The predicted octanol–water partition coefficient (Wildman–Crippen LogP) is 3.03. The van der Waals surface area contributed by atoms with Gasteiger partial charge in [0.1, 0.15) is 17.2 Å². The van der Waals surface area contributed by atoms with Gasteiger partial charge in [-0.2, -0.15) is 16.9 Å². The van der Waals surface area contributed by atoms with Crippen molar-refractivity contribution in [2.24, 2.45) is 10.2 Å². The number of aromatic hydroxyl groups is 1. The van der Waals surface area contributed by atoms with Crippen LogP contribution in [0.5, 0.6) is 11.5 Å². The SMILES string of the molecule is C=N/N=C(/c1cccnc1)N(CCSC)c1c(O)cccc1OC. The summed E-state index contributed by atoms with van der Waals surface area (Å²) in [6, 6.07) is 8.85. The Hall–Kier alpha value is -2.54. The lowest BCUT2D eigenvalue weighted by Gasteiger charge is -2.27. The Morgan fingerprint density at radius 1 is 1.38 bits per heavy atom. The lowest BCUT2D eigenvalue weighted by atomic mass is 10.2. The maximum Gasteiger partial charge on any atom is 0.164 e. The third-order valence-electron chi connectivity index (χ3n) is 3.33. The topological polar surface area (TPSA) is 70.3 Å². The van der Waals surface area contributed by atoms with E-state index in [1.54, 1.807) is 49.5 Å².